The highest BCUT2D eigenvalue weighted by molar-refractivity contribution is 6.22. The minimum atomic E-state index is -0.652. The Bertz CT molecular complexity index is 1250. The summed E-state index contributed by atoms with van der Waals surface area (Å²) in [5, 5.41) is 0. The Hall–Kier alpha value is -3.94. The zero-order valence-electron chi connectivity index (χ0n) is 20.3. The summed E-state index contributed by atoms with van der Waals surface area (Å²) < 4.78 is 11.2. The van der Waals surface area contributed by atoms with Crippen LogP contribution in [0.3, 0.4) is 0 Å². The van der Waals surface area contributed by atoms with Crippen molar-refractivity contribution in [2.75, 3.05) is 23.0 Å². The van der Waals surface area contributed by atoms with E-state index < -0.39 is 11.9 Å². The fraction of sp³-hybridized carbons (Fsp3) is 0.357. The number of anilines is 2. The molecular weight excluding hydrogens is 460 g/mol. The first-order valence-electron chi connectivity index (χ1n) is 12.3. The highest BCUT2D eigenvalue weighted by atomic mass is 16.5. The third kappa shape index (κ3) is 4.17. The summed E-state index contributed by atoms with van der Waals surface area (Å²) in [6.07, 6.45) is 4.50. The standard InChI is InChI=1S/C28H28N2O6/c1-3-35-23-13-5-4-12-22(23)29-16-18(14-24(29)31)28(34)36-20-10-7-9-19(15-20)30-26(32)21-11-6-8-17(2)25(21)27(30)33/h4-10,12-13,15,17-18,21,25H,3,11,14,16H2,1-2H3/t17-,18-,21-,25+/m1/s1. The van der Waals surface area contributed by atoms with Crippen LogP contribution in [0.5, 0.6) is 11.5 Å². The van der Waals surface area contributed by atoms with Gasteiger partial charge in [-0.3, -0.25) is 19.2 Å². The molecule has 4 atom stereocenters. The highest BCUT2D eigenvalue weighted by Crippen LogP contribution is 2.41. The van der Waals surface area contributed by atoms with E-state index in [0.717, 1.165) is 0 Å². The van der Waals surface area contributed by atoms with Gasteiger partial charge in [-0.15, -0.1) is 0 Å². The number of fused-ring (bicyclic) bond motifs is 1. The molecule has 0 saturated carbocycles. The molecule has 0 aromatic heterocycles. The molecule has 3 aliphatic rings. The summed E-state index contributed by atoms with van der Waals surface area (Å²) in [5.74, 6) is -1.77. The zero-order chi connectivity index (χ0) is 25.4. The summed E-state index contributed by atoms with van der Waals surface area (Å²) >= 11 is 0. The average Bonchev–Trinajstić information content (AvgIpc) is 3.37. The predicted octanol–water partition coefficient (Wildman–Crippen LogP) is 3.75. The van der Waals surface area contributed by atoms with E-state index in [1.807, 2.05) is 38.1 Å². The smallest absolute Gasteiger partial charge is 0.316 e. The Morgan fingerprint density at radius 1 is 1.06 bits per heavy atom. The normalized spacial score (nSPS) is 25.3. The second-order valence-corrected chi connectivity index (χ2v) is 9.39. The van der Waals surface area contributed by atoms with Crippen molar-refractivity contribution in [2.24, 2.45) is 23.7 Å². The molecule has 0 bridgehead atoms. The molecule has 36 heavy (non-hydrogen) atoms. The first-order valence-corrected chi connectivity index (χ1v) is 12.3. The Kier molecular flexibility index (Phi) is 6.35. The number of benzene rings is 2. The van der Waals surface area contributed by atoms with Crippen molar-refractivity contribution in [1.29, 1.82) is 0 Å². The van der Waals surface area contributed by atoms with Crippen molar-refractivity contribution < 1.29 is 28.7 Å². The lowest BCUT2D eigenvalue weighted by molar-refractivity contribution is -0.139. The van der Waals surface area contributed by atoms with Gasteiger partial charge < -0.3 is 14.4 Å². The van der Waals surface area contributed by atoms with E-state index >= 15 is 0 Å². The number of carbonyl (C=O) groups is 4. The van der Waals surface area contributed by atoms with Crippen LogP contribution in [0, 0.1) is 23.7 Å². The molecule has 5 rings (SSSR count). The molecule has 0 unspecified atom stereocenters. The molecule has 2 aliphatic heterocycles. The van der Waals surface area contributed by atoms with E-state index in [4.69, 9.17) is 9.47 Å². The number of para-hydroxylation sites is 2. The number of rotatable bonds is 6. The Balaban J connectivity index is 1.30. The Morgan fingerprint density at radius 2 is 1.86 bits per heavy atom. The van der Waals surface area contributed by atoms with Crippen molar-refractivity contribution >= 4 is 35.1 Å². The quantitative estimate of drug-likeness (QED) is 0.266. The molecule has 2 aromatic carbocycles. The summed E-state index contributed by atoms with van der Waals surface area (Å²) in [6, 6.07) is 13.7. The van der Waals surface area contributed by atoms with Crippen LogP contribution in [0.2, 0.25) is 0 Å². The molecule has 2 saturated heterocycles. The van der Waals surface area contributed by atoms with E-state index in [1.165, 1.54) is 11.0 Å². The fourth-order valence-electron chi connectivity index (χ4n) is 5.34. The molecular formula is C28H28N2O6. The molecule has 0 radical (unpaired) electrons. The summed E-state index contributed by atoms with van der Waals surface area (Å²) in [4.78, 5) is 54.6. The number of ether oxygens (including phenoxy) is 2. The lowest BCUT2D eigenvalue weighted by atomic mass is 9.78. The van der Waals surface area contributed by atoms with Gasteiger partial charge in [0.15, 0.2) is 0 Å². The number of hydrogen-bond acceptors (Lipinski definition) is 6. The van der Waals surface area contributed by atoms with Crippen LogP contribution < -0.4 is 19.3 Å². The summed E-state index contributed by atoms with van der Waals surface area (Å²) in [5.41, 5.74) is 1.00. The van der Waals surface area contributed by atoms with Crippen LogP contribution in [0.1, 0.15) is 26.7 Å². The van der Waals surface area contributed by atoms with E-state index in [0.29, 0.717) is 30.2 Å². The first kappa shape index (κ1) is 23.8. The number of imide groups is 1. The van der Waals surface area contributed by atoms with Gasteiger partial charge in [0.25, 0.3) is 0 Å². The van der Waals surface area contributed by atoms with Crippen LogP contribution >= 0.6 is 0 Å². The van der Waals surface area contributed by atoms with E-state index in [-0.39, 0.29) is 54.2 Å². The first-order chi connectivity index (χ1) is 17.4. The monoisotopic (exact) mass is 488 g/mol. The second kappa shape index (κ2) is 9.60. The lowest BCUT2D eigenvalue weighted by Gasteiger charge is -2.22. The van der Waals surface area contributed by atoms with E-state index in [2.05, 4.69) is 0 Å². The average molecular weight is 489 g/mol. The van der Waals surface area contributed by atoms with Gasteiger partial charge in [-0.05, 0) is 43.5 Å². The molecule has 2 aromatic rings. The molecule has 2 heterocycles. The minimum absolute atomic E-state index is 0.0121. The number of esters is 1. The fourth-order valence-corrected chi connectivity index (χ4v) is 5.34. The third-order valence-electron chi connectivity index (χ3n) is 7.08. The number of allylic oxidation sites excluding steroid dienone is 2. The van der Waals surface area contributed by atoms with E-state index in [1.54, 1.807) is 35.2 Å². The van der Waals surface area contributed by atoms with Gasteiger partial charge in [0, 0.05) is 19.0 Å². The largest absolute Gasteiger partial charge is 0.492 e. The van der Waals surface area contributed by atoms with Gasteiger partial charge >= 0.3 is 5.97 Å². The summed E-state index contributed by atoms with van der Waals surface area (Å²) in [6.45, 7) is 4.45. The highest BCUT2D eigenvalue weighted by Gasteiger charge is 2.50. The van der Waals surface area contributed by atoms with Crippen molar-refractivity contribution in [3.8, 4) is 11.5 Å². The topological polar surface area (TPSA) is 93.2 Å². The Labute approximate surface area is 209 Å². The van der Waals surface area contributed by atoms with Crippen LogP contribution in [0.15, 0.2) is 60.7 Å². The zero-order valence-corrected chi connectivity index (χ0v) is 20.3. The van der Waals surface area contributed by atoms with Crippen LogP contribution in [0.25, 0.3) is 0 Å². The lowest BCUT2D eigenvalue weighted by Crippen LogP contribution is -2.31. The van der Waals surface area contributed by atoms with Crippen LogP contribution in [-0.4, -0.2) is 36.8 Å². The maximum atomic E-state index is 13.1. The molecule has 1 aliphatic carbocycles. The molecule has 186 valence electrons. The van der Waals surface area contributed by atoms with Crippen molar-refractivity contribution in [3.63, 3.8) is 0 Å². The maximum absolute atomic E-state index is 13.1. The van der Waals surface area contributed by atoms with Gasteiger partial charge in [-0.2, -0.15) is 0 Å². The predicted molar refractivity (Wildman–Crippen MR) is 133 cm³/mol. The maximum Gasteiger partial charge on any atom is 0.316 e. The van der Waals surface area contributed by atoms with Gasteiger partial charge in [0.2, 0.25) is 17.7 Å². The van der Waals surface area contributed by atoms with Gasteiger partial charge in [-0.1, -0.05) is 37.3 Å². The number of carbonyl (C=O) groups excluding carboxylic acids is 4. The minimum Gasteiger partial charge on any atom is -0.492 e. The van der Waals surface area contributed by atoms with Gasteiger partial charge in [-0.25, -0.2) is 4.90 Å². The molecule has 2 fully saturated rings. The third-order valence-corrected chi connectivity index (χ3v) is 7.08. The number of hydrogen-bond donors (Lipinski definition) is 0. The van der Waals surface area contributed by atoms with Crippen LogP contribution in [0.4, 0.5) is 11.4 Å². The van der Waals surface area contributed by atoms with Crippen molar-refractivity contribution in [1.82, 2.24) is 0 Å². The second-order valence-electron chi connectivity index (χ2n) is 9.39. The summed E-state index contributed by atoms with van der Waals surface area (Å²) in [7, 11) is 0. The van der Waals surface area contributed by atoms with Crippen LogP contribution in [-0.2, 0) is 19.2 Å². The Morgan fingerprint density at radius 3 is 2.64 bits per heavy atom. The SMILES string of the molecule is CCOc1ccccc1N1C[C@H](C(=O)Oc2cccc(N3C(=O)[C@H]4[C@H](C)C=CC[C@H]4C3=O)c2)CC1=O. The van der Waals surface area contributed by atoms with Crippen molar-refractivity contribution in [3.05, 3.63) is 60.7 Å². The van der Waals surface area contributed by atoms with Crippen molar-refractivity contribution in [2.45, 2.75) is 26.7 Å². The molecule has 8 nitrogen and oxygen atoms in total. The van der Waals surface area contributed by atoms with Gasteiger partial charge in [0.05, 0.1) is 35.7 Å². The number of nitrogens with zero attached hydrogens (tertiary/aromatic N) is 2. The van der Waals surface area contributed by atoms with Gasteiger partial charge in [0.1, 0.15) is 11.5 Å². The molecule has 3 amide bonds. The number of amides is 3. The molecule has 8 heteroatoms. The molecule has 0 N–H and O–H groups in total. The molecule has 0 spiro atoms. The van der Waals surface area contributed by atoms with E-state index in [9.17, 15) is 19.2 Å².